The SMILES string of the molecule is COC1[C@@H](N)CCN1[C@@H]1CCc2cc(NC(=O)[C@H](C)NC(O)c3ccnn3C(C)C)ccc21. The van der Waals surface area contributed by atoms with Crippen molar-refractivity contribution in [2.45, 2.75) is 76.7 Å². The highest BCUT2D eigenvalue weighted by atomic mass is 16.5. The fourth-order valence-electron chi connectivity index (χ4n) is 5.10. The van der Waals surface area contributed by atoms with Gasteiger partial charge in [0.2, 0.25) is 5.91 Å². The lowest BCUT2D eigenvalue weighted by Gasteiger charge is -2.31. The first-order valence-electron chi connectivity index (χ1n) is 11.8. The molecule has 0 radical (unpaired) electrons. The van der Waals surface area contributed by atoms with Crippen molar-refractivity contribution < 1.29 is 14.6 Å². The molecule has 1 fully saturated rings. The van der Waals surface area contributed by atoms with E-state index >= 15 is 0 Å². The molecule has 9 heteroatoms. The average molecular weight is 457 g/mol. The highest BCUT2D eigenvalue weighted by Gasteiger charge is 2.39. The number of carbonyl (C=O) groups is 1. The maximum Gasteiger partial charge on any atom is 0.241 e. The molecule has 2 heterocycles. The predicted molar refractivity (Wildman–Crippen MR) is 126 cm³/mol. The number of hydrogen-bond donors (Lipinski definition) is 4. The summed E-state index contributed by atoms with van der Waals surface area (Å²) in [6, 6.07) is 7.72. The molecule has 2 aliphatic rings. The second-order valence-corrected chi connectivity index (χ2v) is 9.36. The number of ether oxygens (including phenoxy) is 1. The van der Waals surface area contributed by atoms with Crippen LogP contribution in [-0.2, 0) is 16.0 Å². The van der Waals surface area contributed by atoms with Gasteiger partial charge in [0, 0.05) is 43.7 Å². The number of nitrogens with two attached hydrogens (primary N) is 1. The van der Waals surface area contributed by atoms with E-state index in [0.29, 0.717) is 11.7 Å². The number of aliphatic hydroxyl groups is 1. The Bertz CT molecular complexity index is 977. The number of likely N-dealkylation sites (tertiary alicyclic amines) is 1. The second kappa shape index (κ2) is 9.90. The van der Waals surface area contributed by atoms with Crippen molar-refractivity contribution in [1.82, 2.24) is 20.0 Å². The predicted octanol–water partition coefficient (Wildman–Crippen LogP) is 2.06. The first kappa shape index (κ1) is 23.8. The zero-order valence-electron chi connectivity index (χ0n) is 19.9. The molecule has 2 aromatic rings. The Kier molecular flexibility index (Phi) is 7.16. The van der Waals surface area contributed by atoms with Gasteiger partial charge in [0.1, 0.15) is 12.5 Å². The van der Waals surface area contributed by atoms with Crippen LogP contribution in [0.1, 0.15) is 68.7 Å². The maximum atomic E-state index is 12.8. The third-order valence-corrected chi connectivity index (χ3v) is 6.78. The molecule has 4 rings (SSSR count). The number of carbonyl (C=O) groups excluding carboxylic acids is 1. The van der Waals surface area contributed by atoms with Gasteiger partial charge in [0.15, 0.2) is 0 Å². The lowest BCUT2D eigenvalue weighted by atomic mass is 10.1. The molecule has 1 aromatic carbocycles. The van der Waals surface area contributed by atoms with E-state index in [9.17, 15) is 9.90 Å². The Morgan fingerprint density at radius 2 is 2.06 bits per heavy atom. The first-order valence-corrected chi connectivity index (χ1v) is 11.8. The van der Waals surface area contributed by atoms with E-state index < -0.39 is 12.3 Å². The second-order valence-electron chi connectivity index (χ2n) is 9.36. The van der Waals surface area contributed by atoms with Gasteiger partial charge in [-0.25, -0.2) is 0 Å². The minimum Gasteiger partial charge on any atom is -0.373 e. The molecule has 0 bridgehead atoms. The standard InChI is InChI=1S/C24H36N6O3/c1-14(2)30-21(9-11-26-30)23(32)27-15(3)22(31)28-17-6-7-18-16(13-17)5-8-20(18)29-12-10-19(25)24(29)33-4/h6-7,9,11,13-15,19-20,23-24,27,32H,5,8,10,12,25H2,1-4H3,(H,28,31)/t15-,19-,20+,23?,24?/m0/s1. The van der Waals surface area contributed by atoms with Crippen molar-refractivity contribution in [3.8, 4) is 0 Å². The number of aromatic nitrogens is 2. The van der Waals surface area contributed by atoms with E-state index in [0.717, 1.165) is 31.5 Å². The molecule has 0 saturated carbocycles. The van der Waals surface area contributed by atoms with Gasteiger partial charge in [-0.15, -0.1) is 0 Å². The third kappa shape index (κ3) is 4.83. The summed E-state index contributed by atoms with van der Waals surface area (Å²) in [6.45, 7) is 6.65. The van der Waals surface area contributed by atoms with Gasteiger partial charge in [-0.1, -0.05) is 6.07 Å². The number of nitrogens with one attached hydrogen (secondary N) is 2. The number of nitrogens with zero attached hydrogens (tertiary/aromatic N) is 3. The van der Waals surface area contributed by atoms with Crippen molar-refractivity contribution in [3.05, 3.63) is 47.3 Å². The average Bonchev–Trinajstić information content (AvgIpc) is 3.51. The maximum absolute atomic E-state index is 12.8. The van der Waals surface area contributed by atoms with Crippen LogP contribution in [0, 0.1) is 0 Å². The molecule has 5 N–H and O–H groups in total. The molecule has 1 aliphatic carbocycles. The van der Waals surface area contributed by atoms with Crippen LogP contribution in [0.4, 0.5) is 5.69 Å². The van der Waals surface area contributed by atoms with Crippen LogP contribution < -0.4 is 16.4 Å². The van der Waals surface area contributed by atoms with E-state index in [4.69, 9.17) is 10.5 Å². The molecule has 1 amide bonds. The van der Waals surface area contributed by atoms with Crippen LogP contribution in [-0.4, -0.2) is 57.7 Å². The zero-order chi connectivity index (χ0) is 23.7. The van der Waals surface area contributed by atoms with Crippen molar-refractivity contribution in [1.29, 1.82) is 0 Å². The van der Waals surface area contributed by atoms with Crippen LogP contribution in [0.2, 0.25) is 0 Å². The summed E-state index contributed by atoms with van der Waals surface area (Å²) < 4.78 is 7.39. The van der Waals surface area contributed by atoms with Gasteiger partial charge >= 0.3 is 0 Å². The molecule has 1 saturated heterocycles. The molecule has 1 aliphatic heterocycles. The topological polar surface area (TPSA) is 118 Å². The Morgan fingerprint density at radius 1 is 1.27 bits per heavy atom. The minimum atomic E-state index is -0.989. The van der Waals surface area contributed by atoms with Gasteiger partial charge in [-0.05, 0) is 69.4 Å². The third-order valence-electron chi connectivity index (χ3n) is 6.78. The van der Waals surface area contributed by atoms with E-state index in [1.54, 1.807) is 31.0 Å². The zero-order valence-corrected chi connectivity index (χ0v) is 19.9. The molecule has 1 aromatic heterocycles. The quantitative estimate of drug-likeness (QED) is 0.449. The fraction of sp³-hybridized carbons (Fsp3) is 0.583. The Morgan fingerprint density at radius 3 is 2.79 bits per heavy atom. The fourth-order valence-corrected chi connectivity index (χ4v) is 5.10. The summed E-state index contributed by atoms with van der Waals surface area (Å²) in [5.41, 5.74) is 10.1. The van der Waals surface area contributed by atoms with Gasteiger partial charge in [0.05, 0.1) is 11.7 Å². The summed E-state index contributed by atoms with van der Waals surface area (Å²) >= 11 is 0. The first-order chi connectivity index (χ1) is 15.8. The lowest BCUT2D eigenvalue weighted by molar-refractivity contribution is -0.118. The van der Waals surface area contributed by atoms with Crippen LogP contribution >= 0.6 is 0 Å². The number of hydrogen-bond acceptors (Lipinski definition) is 7. The largest absolute Gasteiger partial charge is 0.373 e. The summed E-state index contributed by atoms with van der Waals surface area (Å²) in [5.74, 6) is -0.205. The molecule has 0 spiro atoms. The number of fused-ring (bicyclic) bond motifs is 1. The summed E-state index contributed by atoms with van der Waals surface area (Å²) in [6.07, 6.45) is 3.52. The van der Waals surface area contributed by atoms with Crippen molar-refractivity contribution in [3.63, 3.8) is 0 Å². The van der Waals surface area contributed by atoms with Gasteiger partial charge in [0.25, 0.3) is 0 Å². The van der Waals surface area contributed by atoms with Crippen LogP contribution in [0.25, 0.3) is 0 Å². The molecular formula is C24H36N6O3. The number of amides is 1. The minimum absolute atomic E-state index is 0.0427. The molecule has 33 heavy (non-hydrogen) atoms. The monoisotopic (exact) mass is 456 g/mol. The number of methoxy groups -OCH3 is 1. The Labute approximate surface area is 195 Å². The van der Waals surface area contributed by atoms with E-state index in [1.165, 1.54) is 11.1 Å². The molecule has 2 unspecified atom stereocenters. The molecule has 9 nitrogen and oxygen atoms in total. The van der Waals surface area contributed by atoms with Crippen LogP contribution in [0.3, 0.4) is 0 Å². The summed E-state index contributed by atoms with van der Waals surface area (Å²) in [5, 5.41) is 20.7. The molecule has 5 atom stereocenters. The van der Waals surface area contributed by atoms with Gasteiger partial charge < -0.3 is 20.9 Å². The van der Waals surface area contributed by atoms with Gasteiger partial charge in [-0.2, -0.15) is 5.10 Å². The number of anilines is 1. The highest BCUT2D eigenvalue weighted by molar-refractivity contribution is 5.94. The lowest BCUT2D eigenvalue weighted by Crippen LogP contribution is -2.42. The van der Waals surface area contributed by atoms with E-state index in [-0.39, 0.29) is 24.2 Å². The Balaban J connectivity index is 1.39. The molecule has 180 valence electrons. The van der Waals surface area contributed by atoms with Crippen molar-refractivity contribution in [2.75, 3.05) is 19.0 Å². The van der Waals surface area contributed by atoms with Gasteiger partial charge in [-0.3, -0.25) is 19.7 Å². The Hall–Kier alpha value is -2.30. The number of benzene rings is 1. The highest BCUT2D eigenvalue weighted by Crippen LogP contribution is 2.40. The normalized spacial score (nSPS) is 24.8. The number of aliphatic hydroxyl groups excluding tert-OH is 1. The molecular weight excluding hydrogens is 420 g/mol. The van der Waals surface area contributed by atoms with E-state index in [1.807, 2.05) is 19.9 Å². The van der Waals surface area contributed by atoms with Crippen LogP contribution in [0.15, 0.2) is 30.5 Å². The summed E-state index contributed by atoms with van der Waals surface area (Å²) in [7, 11) is 1.72. The van der Waals surface area contributed by atoms with E-state index in [2.05, 4.69) is 32.8 Å². The number of rotatable bonds is 8. The number of aryl methyl sites for hydroxylation is 1. The smallest absolute Gasteiger partial charge is 0.241 e. The van der Waals surface area contributed by atoms with Crippen molar-refractivity contribution in [2.24, 2.45) is 5.73 Å². The summed E-state index contributed by atoms with van der Waals surface area (Å²) in [4.78, 5) is 15.1. The van der Waals surface area contributed by atoms with Crippen molar-refractivity contribution >= 4 is 11.6 Å². The van der Waals surface area contributed by atoms with Crippen LogP contribution in [0.5, 0.6) is 0 Å².